The van der Waals surface area contributed by atoms with Gasteiger partial charge in [-0.3, -0.25) is 0 Å². The number of aromatic nitrogens is 8. The molecule has 0 amide bonds. The Kier molecular flexibility index (Phi) is 16.7. The van der Waals surface area contributed by atoms with E-state index in [1.807, 2.05) is 124 Å². The number of benzene rings is 8. The van der Waals surface area contributed by atoms with Gasteiger partial charge in [-0.2, -0.15) is 0 Å². The average Bonchev–Trinajstić information content (AvgIpc) is 1.59. The number of hydrogen-bond donors (Lipinski definition) is 0. The number of furan rings is 4. The van der Waals surface area contributed by atoms with Crippen molar-refractivity contribution in [1.29, 1.82) is 0 Å². The van der Waals surface area contributed by atoms with Crippen molar-refractivity contribution < 1.29 is 45.5 Å². The SMILES string of the molecule is Cc1cc[n+](C)c(-c2c(C)c3ccccc3c3oc4nc(C)ccc4c23)c1.[2H]C([2H])(C)c1cc[n+](C)c(-c2c(C)c3ccccc3c3oc4nc(C)ccc4c23)c1.[2H]C([2H])([2H])C([2H])(C)c1cc[n+](C)c(-c2c(C)c3ccccc3c3oc4nc(C)ccc4c23)c1.[2H]C1(c2cc[n+](C)c(-c3c(C)c4ccccc4c4oc5nc(C)ccc5c34)c2)CCCC1. The summed E-state index contributed by atoms with van der Waals surface area (Å²) < 4.78 is 91.5. The Morgan fingerprint density at radius 1 is 0.383 bits per heavy atom. The van der Waals surface area contributed by atoms with Gasteiger partial charge >= 0.3 is 0 Å². The minimum atomic E-state index is -2.46. The number of pyridine rings is 8. The van der Waals surface area contributed by atoms with Crippen LogP contribution in [0.25, 0.3) is 176 Å². The van der Waals surface area contributed by atoms with Gasteiger partial charge in [0.25, 0.3) is 0 Å². The van der Waals surface area contributed by atoms with Crippen LogP contribution in [0.2, 0.25) is 0 Å². The topological polar surface area (TPSA) is 120 Å². The van der Waals surface area contributed by atoms with Gasteiger partial charge in [-0.15, -0.1) is 0 Å². The third kappa shape index (κ3) is 12.7. The number of hydrogen-bond acceptors (Lipinski definition) is 8. The summed E-state index contributed by atoms with van der Waals surface area (Å²) in [6.45, 7) is 19.2. The highest BCUT2D eigenvalue weighted by Gasteiger charge is 2.31. The van der Waals surface area contributed by atoms with E-state index >= 15 is 0 Å². The molecule has 12 heteroatoms. The van der Waals surface area contributed by atoms with Gasteiger partial charge in [0.1, 0.15) is 50.5 Å². The fourth-order valence-electron chi connectivity index (χ4n) is 17.7. The van der Waals surface area contributed by atoms with Gasteiger partial charge in [0.05, 0.1) is 22.3 Å². The van der Waals surface area contributed by atoms with Crippen molar-refractivity contribution >= 4 is 131 Å². The molecule has 0 saturated heterocycles. The minimum Gasteiger partial charge on any atom is -0.437 e. The van der Waals surface area contributed by atoms with Gasteiger partial charge in [0, 0.05) is 146 Å². The second kappa shape index (κ2) is 29.3. The fourth-order valence-corrected chi connectivity index (χ4v) is 17.7. The molecule has 1 saturated carbocycles. The van der Waals surface area contributed by atoms with E-state index < -0.39 is 25.0 Å². The maximum Gasteiger partial charge on any atom is 0.227 e. The quantitative estimate of drug-likeness (QED) is 0.145. The van der Waals surface area contributed by atoms with Gasteiger partial charge in [-0.25, -0.2) is 38.2 Å². The lowest BCUT2D eigenvalue weighted by Crippen LogP contribution is -2.31. The first-order valence-corrected chi connectivity index (χ1v) is 39.6. The summed E-state index contributed by atoms with van der Waals surface area (Å²) in [6.07, 6.45) is 10.7. The number of rotatable bonds is 7. The molecule has 115 heavy (non-hydrogen) atoms. The first-order chi connectivity index (χ1) is 58.3. The van der Waals surface area contributed by atoms with Crippen LogP contribution in [0.3, 0.4) is 0 Å². The molecular formula is C103H96N8O4+4. The van der Waals surface area contributed by atoms with E-state index in [-0.39, 0.29) is 0 Å². The summed E-state index contributed by atoms with van der Waals surface area (Å²) in [5.74, 6) is -2.22. The van der Waals surface area contributed by atoms with Crippen LogP contribution in [-0.2, 0) is 34.6 Å². The lowest BCUT2D eigenvalue weighted by atomic mass is 9.90. The molecule has 0 spiro atoms. The second-order valence-electron chi connectivity index (χ2n) is 31.2. The van der Waals surface area contributed by atoms with Crippen LogP contribution in [-0.4, -0.2) is 19.9 Å². The van der Waals surface area contributed by atoms with Crippen LogP contribution < -0.4 is 18.3 Å². The van der Waals surface area contributed by atoms with Crippen LogP contribution >= 0.6 is 0 Å². The molecule has 21 rings (SSSR count). The Labute approximate surface area is 679 Å². The van der Waals surface area contributed by atoms with Crippen LogP contribution in [0.4, 0.5) is 0 Å². The van der Waals surface area contributed by atoms with Crippen molar-refractivity contribution in [2.24, 2.45) is 28.2 Å². The summed E-state index contributed by atoms with van der Waals surface area (Å²) in [4.78, 5) is 18.6. The molecule has 12 heterocycles. The van der Waals surface area contributed by atoms with E-state index in [2.05, 4.69) is 213 Å². The highest BCUT2D eigenvalue weighted by atomic mass is 16.4. The third-order valence-corrected chi connectivity index (χ3v) is 23.7. The first-order valence-electron chi connectivity index (χ1n) is 43.1. The predicted molar refractivity (Wildman–Crippen MR) is 470 cm³/mol. The Morgan fingerprint density at radius 3 is 1.05 bits per heavy atom. The largest absolute Gasteiger partial charge is 0.437 e. The molecule has 12 aromatic heterocycles. The van der Waals surface area contributed by atoms with Gasteiger partial charge in [0.15, 0.2) is 24.8 Å². The second-order valence-corrected chi connectivity index (χ2v) is 31.2. The molecule has 12 nitrogen and oxygen atoms in total. The smallest absolute Gasteiger partial charge is 0.227 e. The van der Waals surface area contributed by atoms with Crippen molar-refractivity contribution in [3.63, 3.8) is 0 Å². The summed E-state index contributed by atoms with van der Waals surface area (Å²) in [7, 11) is 8.12. The lowest BCUT2D eigenvalue weighted by molar-refractivity contribution is -0.660. The van der Waals surface area contributed by atoms with Crippen LogP contribution in [0.5, 0.6) is 0 Å². The molecule has 1 aliphatic rings. The predicted octanol–water partition coefficient (Wildman–Crippen LogP) is 24.6. The Bertz CT molecular complexity index is 7730. The molecule has 1 unspecified atom stereocenters. The zero-order valence-electron chi connectivity index (χ0n) is 74.8. The molecule has 0 aliphatic heterocycles. The normalized spacial score (nSPS) is 14.5. The van der Waals surface area contributed by atoms with E-state index in [9.17, 15) is 0 Å². The molecule has 568 valence electrons. The fraction of sp³-hybridized carbons (Fsp3) is 0.223. The zero-order chi connectivity index (χ0) is 85.7. The summed E-state index contributed by atoms with van der Waals surface area (Å²) in [5, 5.41) is 17.2. The molecule has 1 fully saturated rings. The van der Waals surface area contributed by atoms with E-state index in [4.69, 9.17) is 32.2 Å². The number of nitrogens with zero attached hydrogens (tertiary/aromatic N) is 8. The maximum atomic E-state index is 9.09. The third-order valence-electron chi connectivity index (χ3n) is 23.7. The summed E-state index contributed by atoms with van der Waals surface area (Å²) in [6, 6.07) is 65.9. The van der Waals surface area contributed by atoms with E-state index in [0.29, 0.717) is 34.0 Å². The molecule has 1 atom stereocenters. The monoisotopic (exact) mass is 1520 g/mol. The van der Waals surface area contributed by atoms with E-state index in [1.54, 1.807) is 13.0 Å². The first kappa shape index (κ1) is 65.7. The molecule has 8 aromatic carbocycles. The van der Waals surface area contributed by atoms with E-state index in [0.717, 1.165) is 191 Å². The maximum absolute atomic E-state index is 9.09. The highest BCUT2D eigenvalue weighted by molar-refractivity contribution is 6.25. The van der Waals surface area contributed by atoms with Crippen molar-refractivity contribution in [3.8, 4) is 45.0 Å². The van der Waals surface area contributed by atoms with Crippen LogP contribution in [0, 0.1) is 62.3 Å². The van der Waals surface area contributed by atoms with Crippen molar-refractivity contribution in [2.75, 3.05) is 0 Å². The number of aryl methyl sites for hydroxylation is 14. The summed E-state index contributed by atoms with van der Waals surface area (Å²) >= 11 is 0. The van der Waals surface area contributed by atoms with Gasteiger partial charge in [-0.1, -0.05) is 131 Å². The molecular weight excluding hydrogens is 1410 g/mol. The summed E-state index contributed by atoms with van der Waals surface area (Å²) in [5.41, 5.74) is 26.3. The Balaban J connectivity index is 0.000000111. The molecule has 0 N–H and O–H groups in total. The molecule has 0 bridgehead atoms. The number of fused-ring (bicyclic) bond motifs is 20. The van der Waals surface area contributed by atoms with Gasteiger partial charge < -0.3 is 17.7 Å². The van der Waals surface area contributed by atoms with Crippen molar-refractivity contribution in [2.45, 2.75) is 127 Å². The van der Waals surface area contributed by atoms with Crippen LogP contribution in [0.15, 0.2) is 237 Å². The average molecular weight is 1520 g/mol. The van der Waals surface area contributed by atoms with E-state index in [1.165, 1.54) is 51.2 Å². The molecule has 1 aliphatic carbocycles. The zero-order valence-corrected chi connectivity index (χ0v) is 67.8. The Hall–Kier alpha value is -12.8. The van der Waals surface area contributed by atoms with Crippen molar-refractivity contribution in [3.05, 3.63) is 286 Å². The highest BCUT2D eigenvalue weighted by Crippen LogP contribution is 2.49. The van der Waals surface area contributed by atoms with Crippen LogP contribution in [0.1, 0.15) is 135 Å². The molecule has 20 aromatic rings. The van der Waals surface area contributed by atoms with Gasteiger partial charge in [0.2, 0.25) is 45.6 Å². The lowest BCUT2D eigenvalue weighted by Gasteiger charge is -2.14. The van der Waals surface area contributed by atoms with Gasteiger partial charge in [-0.05, 0) is 208 Å². The minimum absolute atomic E-state index is 0.443. The Morgan fingerprint density at radius 2 is 0.696 bits per heavy atom. The standard InChI is InChI=1S/C28H27N2O.C26H25N2O.C25H23N2O.C24H21N2O/c1-17-12-13-23-26-25(24-16-20(14-15-30(24)3)19-8-4-5-9-19)18(2)21-10-6-7-11-22(21)27(26)31-28(23)29-17;1-15(2)18-12-13-28(5)22(14-18)23-17(4)19-8-6-7-9-20(19)25-24(23)21-11-10-16(3)27-26(21)29-25;1-5-17-12-13-27(4)21(14-17)22-16(3)18-8-6-7-9-19(18)24-23(22)20-11-10-15(2)26-25(20)28-24;1-14-11-12-26(4)20(13-14)21-16(3)17-7-5-6-8-18(17)23-22(21)19-10-9-15(2)25-24(19)27-23/h6-7,10-16,19H,4-5,8-9H2,1-3H3;6-15H,1-5H3;6-14H,5H2,1-4H3;5-13H,1-4H3/q4*+1/i19D;1D3,15D;5D2;. The van der Waals surface area contributed by atoms with Crippen molar-refractivity contribution in [1.82, 2.24) is 19.9 Å². The molecule has 0 radical (unpaired) electrons.